The molecule has 1 saturated heterocycles. The first-order chi connectivity index (χ1) is 12.0. The van der Waals surface area contributed by atoms with Gasteiger partial charge in [-0.05, 0) is 30.7 Å². The van der Waals surface area contributed by atoms with Crippen LogP contribution >= 0.6 is 11.3 Å². The Bertz CT molecular complexity index is 962. The Labute approximate surface area is 148 Å². The molecule has 2 heterocycles. The zero-order valence-electron chi connectivity index (χ0n) is 13.6. The van der Waals surface area contributed by atoms with Gasteiger partial charge < -0.3 is 10.0 Å². The summed E-state index contributed by atoms with van der Waals surface area (Å²) in [5, 5.41) is 10.1. The van der Waals surface area contributed by atoms with Crippen molar-refractivity contribution in [2.75, 3.05) is 11.4 Å². The van der Waals surface area contributed by atoms with E-state index < -0.39 is 11.9 Å². The number of para-hydroxylation sites is 1. The van der Waals surface area contributed by atoms with Gasteiger partial charge in [0, 0.05) is 24.2 Å². The van der Waals surface area contributed by atoms with E-state index in [1.165, 1.54) is 0 Å². The zero-order chi connectivity index (χ0) is 17.6. The molecule has 25 heavy (non-hydrogen) atoms. The monoisotopic (exact) mass is 352 g/mol. The summed E-state index contributed by atoms with van der Waals surface area (Å²) in [5.74, 6) is -1.70. The molecule has 0 radical (unpaired) electrons. The maximum Gasteiger partial charge on any atom is 0.308 e. The van der Waals surface area contributed by atoms with E-state index in [0.717, 1.165) is 32.0 Å². The highest BCUT2D eigenvalue weighted by molar-refractivity contribution is 7.21. The Morgan fingerprint density at radius 1 is 1.24 bits per heavy atom. The number of aromatic nitrogens is 1. The number of amides is 1. The summed E-state index contributed by atoms with van der Waals surface area (Å²) in [6.45, 7) is 2.18. The predicted molar refractivity (Wildman–Crippen MR) is 97.9 cm³/mol. The van der Waals surface area contributed by atoms with E-state index in [4.69, 9.17) is 4.98 Å². The van der Waals surface area contributed by atoms with E-state index in [-0.39, 0.29) is 18.9 Å². The van der Waals surface area contributed by atoms with Gasteiger partial charge in [-0.2, -0.15) is 0 Å². The maximum absolute atomic E-state index is 12.3. The maximum atomic E-state index is 12.3. The SMILES string of the molecule is Cc1c(-c2nc3ccccc3s2)cccc1N1C[C@H](C(=O)O)CC1=O. The number of carbonyl (C=O) groups is 2. The van der Waals surface area contributed by atoms with Crippen LogP contribution in [-0.2, 0) is 9.59 Å². The molecule has 0 spiro atoms. The van der Waals surface area contributed by atoms with Crippen LogP contribution < -0.4 is 4.90 Å². The molecule has 0 saturated carbocycles. The summed E-state index contributed by atoms with van der Waals surface area (Å²) >= 11 is 1.61. The standard InChI is InChI=1S/C19H16N2O3S/c1-11-13(18-20-14-6-2-3-8-16(14)25-18)5-4-7-15(11)21-10-12(19(23)24)9-17(21)22/h2-8,12H,9-10H2,1H3,(H,23,24)/t12-/m1/s1. The number of aliphatic carboxylic acids is 1. The molecular formula is C19H16N2O3S. The smallest absolute Gasteiger partial charge is 0.308 e. The number of thiazole rings is 1. The Hall–Kier alpha value is -2.73. The van der Waals surface area contributed by atoms with Crippen molar-refractivity contribution in [3.63, 3.8) is 0 Å². The highest BCUT2D eigenvalue weighted by Crippen LogP contribution is 2.37. The second kappa shape index (κ2) is 5.97. The van der Waals surface area contributed by atoms with Crippen LogP contribution in [-0.4, -0.2) is 28.5 Å². The molecule has 1 N–H and O–H groups in total. The average molecular weight is 352 g/mol. The van der Waals surface area contributed by atoms with Crippen molar-refractivity contribution in [1.82, 2.24) is 4.98 Å². The van der Waals surface area contributed by atoms with Gasteiger partial charge in [-0.25, -0.2) is 4.98 Å². The average Bonchev–Trinajstić information content (AvgIpc) is 3.18. The molecular weight excluding hydrogens is 336 g/mol. The number of carbonyl (C=O) groups excluding carboxylic acids is 1. The highest BCUT2D eigenvalue weighted by Gasteiger charge is 2.35. The lowest BCUT2D eigenvalue weighted by atomic mass is 10.1. The molecule has 6 heteroatoms. The second-order valence-electron chi connectivity index (χ2n) is 6.18. The van der Waals surface area contributed by atoms with E-state index in [1.54, 1.807) is 16.2 Å². The minimum Gasteiger partial charge on any atom is -0.481 e. The molecule has 1 fully saturated rings. The molecule has 126 valence electrons. The quantitative estimate of drug-likeness (QED) is 0.780. The number of fused-ring (bicyclic) bond motifs is 1. The number of benzene rings is 2. The Morgan fingerprint density at radius 2 is 2.04 bits per heavy atom. The predicted octanol–water partition coefficient (Wildman–Crippen LogP) is 3.71. The van der Waals surface area contributed by atoms with Gasteiger partial charge >= 0.3 is 5.97 Å². The minimum absolute atomic E-state index is 0.0557. The molecule has 1 aliphatic rings. The third-order valence-electron chi connectivity index (χ3n) is 4.59. The van der Waals surface area contributed by atoms with E-state index >= 15 is 0 Å². The molecule has 1 aromatic heterocycles. The summed E-state index contributed by atoms with van der Waals surface area (Å²) in [7, 11) is 0. The first-order valence-corrected chi connectivity index (χ1v) is 8.85. The van der Waals surface area contributed by atoms with Crippen LogP contribution in [0, 0.1) is 12.8 Å². The van der Waals surface area contributed by atoms with Gasteiger partial charge in [0.15, 0.2) is 0 Å². The fourth-order valence-electron chi connectivity index (χ4n) is 3.24. The number of nitrogens with zero attached hydrogens (tertiary/aromatic N) is 2. The van der Waals surface area contributed by atoms with Crippen LogP contribution in [0.1, 0.15) is 12.0 Å². The molecule has 1 atom stereocenters. The van der Waals surface area contributed by atoms with Crippen molar-refractivity contribution in [2.24, 2.45) is 5.92 Å². The van der Waals surface area contributed by atoms with Gasteiger partial charge in [0.1, 0.15) is 5.01 Å². The van der Waals surface area contributed by atoms with E-state index in [0.29, 0.717) is 0 Å². The molecule has 5 nitrogen and oxygen atoms in total. The van der Waals surface area contributed by atoms with E-state index in [9.17, 15) is 14.7 Å². The van der Waals surface area contributed by atoms with Gasteiger partial charge in [0.2, 0.25) is 5.91 Å². The fraction of sp³-hybridized carbons (Fsp3) is 0.211. The first-order valence-electron chi connectivity index (χ1n) is 8.03. The number of rotatable bonds is 3. The van der Waals surface area contributed by atoms with Crippen molar-refractivity contribution in [2.45, 2.75) is 13.3 Å². The lowest BCUT2D eigenvalue weighted by molar-refractivity contribution is -0.141. The van der Waals surface area contributed by atoms with Crippen molar-refractivity contribution in [1.29, 1.82) is 0 Å². The Kier molecular flexibility index (Phi) is 3.77. The number of hydrogen-bond donors (Lipinski definition) is 1. The largest absolute Gasteiger partial charge is 0.481 e. The van der Waals surface area contributed by atoms with Crippen molar-refractivity contribution in [3.8, 4) is 10.6 Å². The van der Waals surface area contributed by atoms with Gasteiger partial charge in [0.05, 0.1) is 16.1 Å². The van der Waals surface area contributed by atoms with Crippen LogP contribution in [0.15, 0.2) is 42.5 Å². The third-order valence-corrected chi connectivity index (χ3v) is 5.66. The molecule has 0 bridgehead atoms. The molecule has 3 aromatic rings. The number of carboxylic acids is 1. The molecule has 0 unspecified atom stereocenters. The zero-order valence-corrected chi connectivity index (χ0v) is 14.4. The highest BCUT2D eigenvalue weighted by atomic mass is 32.1. The molecule has 1 amide bonds. The molecule has 0 aliphatic carbocycles. The number of anilines is 1. The molecule has 2 aromatic carbocycles. The fourth-order valence-corrected chi connectivity index (χ4v) is 4.29. The van der Waals surface area contributed by atoms with Gasteiger partial charge in [-0.1, -0.05) is 24.3 Å². The Balaban J connectivity index is 1.76. The van der Waals surface area contributed by atoms with Crippen LogP contribution in [0.4, 0.5) is 5.69 Å². The minimum atomic E-state index is -0.921. The number of carboxylic acid groups (broad SMARTS) is 1. The summed E-state index contributed by atoms with van der Waals surface area (Å²) in [4.78, 5) is 29.8. The van der Waals surface area contributed by atoms with Crippen LogP contribution in [0.2, 0.25) is 0 Å². The van der Waals surface area contributed by atoms with Crippen molar-refractivity contribution >= 4 is 39.1 Å². The van der Waals surface area contributed by atoms with Crippen LogP contribution in [0.25, 0.3) is 20.8 Å². The van der Waals surface area contributed by atoms with Crippen LogP contribution in [0.5, 0.6) is 0 Å². The van der Waals surface area contributed by atoms with Crippen LogP contribution in [0.3, 0.4) is 0 Å². The topological polar surface area (TPSA) is 70.5 Å². The Morgan fingerprint density at radius 3 is 2.76 bits per heavy atom. The second-order valence-corrected chi connectivity index (χ2v) is 7.21. The third kappa shape index (κ3) is 2.68. The molecule has 4 rings (SSSR count). The van der Waals surface area contributed by atoms with Crippen molar-refractivity contribution in [3.05, 3.63) is 48.0 Å². The van der Waals surface area contributed by atoms with Gasteiger partial charge in [0.25, 0.3) is 0 Å². The van der Waals surface area contributed by atoms with Crippen molar-refractivity contribution < 1.29 is 14.7 Å². The summed E-state index contributed by atoms with van der Waals surface area (Å²) in [6, 6.07) is 13.7. The van der Waals surface area contributed by atoms with Gasteiger partial charge in [-0.3, -0.25) is 9.59 Å². The van der Waals surface area contributed by atoms with E-state index in [2.05, 4.69) is 0 Å². The number of hydrogen-bond acceptors (Lipinski definition) is 4. The first kappa shape index (κ1) is 15.8. The summed E-state index contributed by atoms with van der Waals surface area (Å²) in [5.41, 5.74) is 3.65. The summed E-state index contributed by atoms with van der Waals surface area (Å²) < 4.78 is 1.12. The van der Waals surface area contributed by atoms with Gasteiger partial charge in [-0.15, -0.1) is 11.3 Å². The lowest BCUT2D eigenvalue weighted by Gasteiger charge is -2.20. The van der Waals surface area contributed by atoms with E-state index in [1.807, 2.05) is 49.4 Å². The molecule has 1 aliphatic heterocycles. The summed E-state index contributed by atoms with van der Waals surface area (Å²) in [6.07, 6.45) is 0.0557. The lowest BCUT2D eigenvalue weighted by Crippen LogP contribution is -2.26. The normalized spacial score (nSPS) is 17.4.